The third-order valence-corrected chi connectivity index (χ3v) is 4.56. The number of rotatable bonds is 6. The van der Waals surface area contributed by atoms with Crippen LogP contribution < -0.4 is 10.2 Å². The first-order valence-corrected chi connectivity index (χ1v) is 9.33. The monoisotopic (exact) mass is 344 g/mol. The molecule has 1 fully saturated rings. The Labute approximate surface area is 148 Å². The van der Waals surface area contributed by atoms with Gasteiger partial charge in [-0.1, -0.05) is 26.7 Å². The molecular weight excluding hydrogens is 316 g/mol. The Morgan fingerprint density at radius 3 is 2.68 bits per heavy atom. The van der Waals surface area contributed by atoms with E-state index in [1.807, 2.05) is 24.7 Å². The molecule has 25 heavy (non-hydrogen) atoms. The van der Waals surface area contributed by atoms with Crippen molar-refractivity contribution in [1.82, 2.24) is 25.1 Å². The molecule has 7 nitrogen and oxygen atoms in total. The molecule has 0 aliphatic carbocycles. The molecule has 3 rings (SSSR count). The lowest BCUT2D eigenvalue weighted by molar-refractivity contribution is -0.121. The number of aromatic nitrogens is 4. The zero-order chi connectivity index (χ0) is 17.6. The highest BCUT2D eigenvalue weighted by molar-refractivity contribution is 5.86. The topological polar surface area (TPSA) is 75.9 Å². The van der Waals surface area contributed by atoms with Crippen molar-refractivity contribution in [2.75, 3.05) is 24.5 Å². The lowest BCUT2D eigenvalue weighted by Crippen LogP contribution is -2.28. The van der Waals surface area contributed by atoms with Crippen LogP contribution in [0.15, 0.2) is 12.5 Å². The van der Waals surface area contributed by atoms with E-state index in [9.17, 15) is 4.79 Å². The Hall–Kier alpha value is -2.18. The molecule has 7 heteroatoms. The number of anilines is 1. The highest BCUT2D eigenvalue weighted by Crippen LogP contribution is 2.24. The van der Waals surface area contributed by atoms with Crippen LogP contribution in [0.25, 0.3) is 11.0 Å². The van der Waals surface area contributed by atoms with Crippen LogP contribution in [0.1, 0.15) is 46.0 Å². The normalized spacial score (nSPS) is 15.6. The fourth-order valence-corrected chi connectivity index (χ4v) is 3.32. The summed E-state index contributed by atoms with van der Waals surface area (Å²) in [5.74, 6) is 1.45. The first kappa shape index (κ1) is 17.6. The molecule has 1 aliphatic heterocycles. The van der Waals surface area contributed by atoms with Gasteiger partial charge in [-0.3, -0.25) is 4.79 Å². The van der Waals surface area contributed by atoms with Gasteiger partial charge >= 0.3 is 0 Å². The summed E-state index contributed by atoms with van der Waals surface area (Å²) in [6.45, 7) is 7.35. The van der Waals surface area contributed by atoms with E-state index >= 15 is 0 Å². The maximum atomic E-state index is 11.8. The van der Waals surface area contributed by atoms with Crippen molar-refractivity contribution in [3.8, 4) is 0 Å². The summed E-state index contributed by atoms with van der Waals surface area (Å²) >= 11 is 0. The summed E-state index contributed by atoms with van der Waals surface area (Å²) in [6.07, 6.45) is 9.04. The van der Waals surface area contributed by atoms with E-state index in [0.717, 1.165) is 29.9 Å². The molecule has 0 saturated carbocycles. The third kappa shape index (κ3) is 4.46. The largest absolute Gasteiger partial charge is 0.356 e. The van der Waals surface area contributed by atoms with Crippen LogP contribution in [0, 0.1) is 5.92 Å². The molecule has 0 atom stereocenters. The van der Waals surface area contributed by atoms with E-state index in [4.69, 9.17) is 0 Å². The highest BCUT2D eigenvalue weighted by Gasteiger charge is 2.17. The van der Waals surface area contributed by atoms with E-state index in [1.54, 1.807) is 6.33 Å². The molecule has 2 aromatic rings. The van der Waals surface area contributed by atoms with E-state index in [2.05, 4.69) is 25.3 Å². The average molecular weight is 344 g/mol. The molecule has 0 aromatic carbocycles. The van der Waals surface area contributed by atoms with Crippen LogP contribution in [-0.4, -0.2) is 45.3 Å². The smallest absolute Gasteiger partial charge is 0.220 e. The maximum Gasteiger partial charge on any atom is 0.220 e. The van der Waals surface area contributed by atoms with Gasteiger partial charge in [-0.2, -0.15) is 5.10 Å². The van der Waals surface area contributed by atoms with Crippen molar-refractivity contribution in [2.24, 2.45) is 5.92 Å². The number of fused-ring (bicyclic) bond motifs is 1. The number of carbonyl (C=O) groups excluding carboxylic acids is 1. The van der Waals surface area contributed by atoms with Crippen LogP contribution in [0.3, 0.4) is 0 Å². The number of nitrogens with zero attached hydrogens (tertiary/aromatic N) is 5. The number of carbonyl (C=O) groups is 1. The summed E-state index contributed by atoms with van der Waals surface area (Å²) in [7, 11) is 0. The molecule has 0 unspecified atom stereocenters. The van der Waals surface area contributed by atoms with E-state index < -0.39 is 0 Å². The number of hydrogen-bond acceptors (Lipinski definition) is 5. The van der Waals surface area contributed by atoms with Gasteiger partial charge in [0.1, 0.15) is 12.1 Å². The number of hydrogen-bond donors (Lipinski definition) is 1. The average Bonchev–Trinajstić information content (AvgIpc) is 2.80. The van der Waals surface area contributed by atoms with Gasteiger partial charge in [-0.25, -0.2) is 14.6 Å². The zero-order valence-electron chi connectivity index (χ0n) is 15.2. The van der Waals surface area contributed by atoms with Gasteiger partial charge in [0.05, 0.1) is 18.1 Å². The molecular formula is C18H28N6O. The first-order chi connectivity index (χ1) is 12.1. The highest BCUT2D eigenvalue weighted by atomic mass is 16.1. The minimum Gasteiger partial charge on any atom is -0.356 e. The Morgan fingerprint density at radius 2 is 1.96 bits per heavy atom. The van der Waals surface area contributed by atoms with E-state index in [1.165, 1.54) is 25.7 Å². The van der Waals surface area contributed by atoms with Crippen LogP contribution in [0.4, 0.5) is 5.82 Å². The van der Waals surface area contributed by atoms with Gasteiger partial charge in [-0.05, 0) is 18.8 Å². The second-order valence-electron chi connectivity index (χ2n) is 7.15. The van der Waals surface area contributed by atoms with Crippen molar-refractivity contribution in [1.29, 1.82) is 0 Å². The SMILES string of the molecule is CC(C)CC(=O)NCCn1ncc2c(N3CCCCCC3)ncnc21. The molecule has 1 amide bonds. The number of amides is 1. The minimum atomic E-state index is 0.0892. The Bertz CT molecular complexity index is 703. The van der Waals surface area contributed by atoms with Crippen molar-refractivity contribution < 1.29 is 4.79 Å². The fraction of sp³-hybridized carbons (Fsp3) is 0.667. The lowest BCUT2D eigenvalue weighted by Gasteiger charge is -2.21. The summed E-state index contributed by atoms with van der Waals surface area (Å²) < 4.78 is 1.86. The molecule has 3 heterocycles. The van der Waals surface area contributed by atoms with Gasteiger partial charge in [0, 0.05) is 26.1 Å². The van der Waals surface area contributed by atoms with Crippen molar-refractivity contribution >= 4 is 22.8 Å². The Kier molecular flexibility index (Phi) is 5.83. The van der Waals surface area contributed by atoms with Gasteiger partial charge in [0.2, 0.25) is 5.91 Å². The van der Waals surface area contributed by atoms with Gasteiger partial charge in [0.25, 0.3) is 0 Å². The van der Waals surface area contributed by atoms with Crippen molar-refractivity contribution in [3.05, 3.63) is 12.5 Å². The van der Waals surface area contributed by atoms with Crippen molar-refractivity contribution in [2.45, 2.75) is 52.5 Å². The zero-order valence-corrected chi connectivity index (χ0v) is 15.2. The van der Waals surface area contributed by atoms with Gasteiger partial charge in [0.15, 0.2) is 5.65 Å². The summed E-state index contributed by atoms with van der Waals surface area (Å²) in [4.78, 5) is 23.1. The third-order valence-electron chi connectivity index (χ3n) is 4.56. The van der Waals surface area contributed by atoms with Crippen LogP contribution >= 0.6 is 0 Å². The molecule has 2 aromatic heterocycles. The molecule has 0 bridgehead atoms. The standard InChI is InChI=1S/C18H28N6O/c1-14(2)11-16(25)19-7-10-24-18-15(12-22-24)17(20-13-21-18)23-8-5-3-4-6-9-23/h12-14H,3-11H2,1-2H3,(H,19,25). The van der Waals surface area contributed by atoms with Crippen LogP contribution in [0.2, 0.25) is 0 Å². The second kappa shape index (κ2) is 8.27. The first-order valence-electron chi connectivity index (χ1n) is 9.33. The number of nitrogens with one attached hydrogen (secondary N) is 1. The van der Waals surface area contributed by atoms with Crippen molar-refractivity contribution in [3.63, 3.8) is 0 Å². The molecule has 0 radical (unpaired) electrons. The van der Waals surface area contributed by atoms with Crippen LogP contribution in [-0.2, 0) is 11.3 Å². The molecule has 1 N–H and O–H groups in total. The van der Waals surface area contributed by atoms with Crippen LogP contribution in [0.5, 0.6) is 0 Å². The summed E-state index contributed by atoms with van der Waals surface area (Å²) in [5, 5.41) is 8.42. The summed E-state index contributed by atoms with van der Waals surface area (Å²) in [5.41, 5.74) is 0.840. The van der Waals surface area contributed by atoms with E-state index in [-0.39, 0.29) is 5.91 Å². The van der Waals surface area contributed by atoms with Gasteiger partial charge < -0.3 is 10.2 Å². The predicted octanol–water partition coefficient (Wildman–Crippen LogP) is 2.37. The second-order valence-corrected chi connectivity index (χ2v) is 7.15. The molecule has 136 valence electrons. The van der Waals surface area contributed by atoms with Gasteiger partial charge in [-0.15, -0.1) is 0 Å². The minimum absolute atomic E-state index is 0.0892. The Balaban J connectivity index is 1.69. The maximum absolute atomic E-state index is 11.8. The summed E-state index contributed by atoms with van der Waals surface area (Å²) in [6, 6.07) is 0. The lowest BCUT2D eigenvalue weighted by atomic mass is 10.1. The fourth-order valence-electron chi connectivity index (χ4n) is 3.32. The molecule has 1 aliphatic rings. The Morgan fingerprint density at radius 1 is 1.20 bits per heavy atom. The van der Waals surface area contributed by atoms with E-state index in [0.29, 0.717) is 25.4 Å². The molecule has 0 spiro atoms. The predicted molar refractivity (Wildman–Crippen MR) is 98.5 cm³/mol. The quantitative estimate of drug-likeness (QED) is 0.871. The molecule has 1 saturated heterocycles.